The van der Waals surface area contributed by atoms with Gasteiger partial charge in [-0.2, -0.15) is 0 Å². The van der Waals surface area contributed by atoms with Crippen LogP contribution in [0.1, 0.15) is 303 Å². The normalized spacial score (nSPS) is 12.4. The minimum Gasteiger partial charge on any atom is -0.462 e. The summed E-state index contributed by atoms with van der Waals surface area (Å²) in [5.74, 6) is -0.873. The third-order valence-corrected chi connectivity index (χ3v) is 13.0. The number of unbranched alkanes of at least 4 members (excludes halogenated alkanes) is 33. The van der Waals surface area contributed by atoms with Gasteiger partial charge in [-0.1, -0.05) is 268 Å². The van der Waals surface area contributed by atoms with Crippen molar-refractivity contribution in [3.63, 3.8) is 0 Å². The summed E-state index contributed by atoms with van der Waals surface area (Å²) in [5.41, 5.74) is 0. The maximum Gasteiger partial charge on any atom is 0.306 e. The second kappa shape index (κ2) is 57.7. The Hall–Kier alpha value is -2.89. The first-order chi connectivity index (χ1) is 34.0. The van der Waals surface area contributed by atoms with Gasteiger partial charge in [-0.05, 0) is 77.0 Å². The Kier molecular flexibility index (Phi) is 55.3. The molecule has 0 amide bonds. The van der Waals surface area contributed by atoms with E-state index < -0.39 is 6.10 Å². The molecule has 0 aliphatic heterocycles. The molecule has 0 heterocycles. The Morgan fingerprint density at radius 3 is 0.957 bits per heavy atom. The minimum atomic E-state index is -0.775. The fourth-order valence-electron chi connectivity index (χ4n) is 8.56. The van der Waals surface area contributed by atoms with Crippen LogP contribution in [0.5, 0.6) is 0 Å². The molecule has 0 aliphatic rings. The Bertz CT molecular complexity index is 1250. The molecule has 0 aromatic rings. The van der Waals surface area contributed by atoms with Crippen LogP contribution in [-0.2, 0) is 28.6 Å². The summed E-state index contributed by atoms with van der Waals surface area (Å²) >= 11 is 0. The second-order valence-electron chi connectivity index (χ2n) is 19.9. The van der Waals surface area contributed by atoms with Gasteiger partial charge in [0.1, 0.15) is 13.2 Å². The van der Waals surface area contributed by atoms with Gasteiger partial charge in [0.25, 0.3) is 0 Å². The van der Waals surface area contributed by atoms with Gasteiger partial charge in [0.05, 0.1) is 0 Å². The van der Waals surface area contributed by atoms with Crippen LogP contribution in [0, 0.1) is 0 Å². The Labute approximate surface area is 428 Å². The summed E-state index contributed by atoms with van der Waals surface area (Å²) in [4.78, 5) is 38.1. The maximum atomic E-state index is 12.8. The Balaban J connectivity index is 4.21. The van der Waals surface area contributed by atoms with E-state index in [0.717, 1.165) is 96.3 Å². The maximum absolute atomic E-state index is 12.8. The molecule has 0 radical (unpaired) electrons. The number of allylic oxidation sites excluding steroid dienone is 10. The Morgan fingerprint density at radius 1 is 0.304 bits per heavy atom. The number of ether oxygens (including phenoxy) is 3. The van der Waals surface area contributed by atoms with E-state index in [0.29, 0.717) is 19.3 Å². The lowest BCUT2D eigenvalue weighted by molar-refractivity contribution is -0.167. The summed E-state index contributed by atoms with van der Waals surface area (Å²) in [6, 6.07) is 0. The topological polar surface area (TPSA) is 78.9 Å². The summed E-state index contributed by atoms with van der Waals surface area (Å²) in [5, 5.41) is 0. The second-order valence-corrected chi connectivity index (χ2v) is 19.9. The van der Waals surface area contributed by atoms with E-state index >= 15 is 0 Å². The number of carbonyl (C=O) groups is 3. The largest absolute Gasteiger partial charge is 0.462 e. The molecule has 0 saturated carbocycles. The van der Waals surface area contributed by atoms with Crippen molar-refractivity contribution >= 4 is 17.9 Å². The highest BCUT2D eigenvalue weighted by atomic mass is 16.6. The zero-order chi connectivity index (χ0) is 50.0. The van der Waals surface area contributed by atoms with Crippen LogP contribution < -0.4 is 0 Å². The van der Waals surface area contributed by atoms with Gasteiger partial charge >= 0.3 is 17.9 Å². The zero-order valence-electron chi connectivity index (χ0n) is 45.8. The first-order valence-corrected chi connectivity index (χ1v) is 29.8. The third kappa shape index (κ3) is 55.9. The van der Waals surface area contributed by atoms with Crippen LogP contribution in [0.3, 0.4) is 0 Å². The van der Waals surface area contributed by atoms with Gasteiger partial charge in [-0.3, -0.25) is 14.4 Å². The number of hydrogen-bond acceptors (Lipinski definition) is 6. The molecule has 0 spiro atoms. The van der Waals surface area contributed by atoms with E-state index in [2.05, 4.69) is 81.5 Å². The summed E-state index contributed by atoms with van der Waals surface area (Å²) in [6.07, 6.45) is 72.3. The molecule has 0 bridgehead atoms. The zero-order valence-corrected chi connectivity index (χ0v) is 45.8. The van der Waals surface area contributed by atoms with Gasteiger partial charge in [-0.25, -0.2) is 0 Å². The predicted octanol–water partition coefficient (Wildman–Crippen LogP) is 20.0. The molecule has 1 unspecified atom stereocenters. The smallest absolute Gasteiger partial charge is 0.306 e. The van der Waals surface area contributed by atoms with Crippen molar-refractivity contribution in [2.24, 2.45) is 0 Å². The first-order valence-electron chi connectivity index (χ1n) is 29.8. The molecular formula is C63H112O6. The van der Waals surface area contributed by atoms with E-state index in [9.17, 15) is 14.4 Å². The number of esters is 3. The van der Waals surface area contributed by atoms with E-state index in [-0.39, 0.29) is 31.1 Å². The lowest BCUT2D eigenvalue weighted by atomic mass is 10.0. The first kappa shape index (κ1) is 66.1. The highest BCUT2D eigenvalue weighted by Crippen LogP contribution is 2.17. The lowest BCUT2D eigenvalue weighted by Gasteiger charge is -2.18. The summed E-state index contributed by atoms with van der Waals surface area (Å²) < 4.78 is 16.9. The summed E-state index contributed by atoms with van der Waals surface area (Å²) in [6.45, 7) is 6.49. The summed E-state index contributed by atoms with van der Waals surface area (Å²) in [7, 11) is 0. The number of hydrogen-bond donors (Lipinski definition) is 0. The molecular weight excluding hydrogens is 853 g/mol. The molecule has 6 heteroatoms. The van der Waals surface area contributed by atoms with Crippen LogP contribution in [-0.4, -0.2) is 37.2 Å². The van der Waals surface area contributed by atoms with Crippen LogP contribution >= 0.6 is 0 Å². The van der Waals surface area contributed by atoms with Crippen LogP contribution in [0.15, 0.2) is 60.8 Å². The average molecular weight is 966 g/mol. The average Bonchev–Trinajstić information content (AvgIpc) is 3.35. The lowest BCUT2D eigenvalue weighted by Crippen LogP contribution is -2.30. The highest BCUT2D eigenvalue weighted by Gasteiger charge is 2.19. The van der Waals surface area contributed by atoms with Crippen LogP contribution in [0.25, 0.3) is 0 Å². The van der Waals surface area contributed by atoms with Crippen LogP contribution in [0.2, 0.25) is 0 Å². The minimum absolute atomic E-state index is 0.0746. The van der Waals surface area contributed by atoms with Crippen LogP contribution in [0.4, 0.5) is 0 Å². The van der Waals surface area contributed by atoms with Gasteiger partial charge in [0, 0.05) is 19.3 Å². The number of carbonyl (C=O) groups excluding carboxylic acids is 3. The van der Waals surface area contributed by atoms with Crippen molar-refractivity contribution in [1.82, 2.24) is 0 Å². The van der Waals surface area contributed by atoms with E-state index in [1.54, 1.807) is 0 Å². The van der Waals surface area contributed by atoms with Gasteiger partial charge < -0.3 is 14.2 Å². The molecule has 0 fully saturated rings. The molecule has 6 nitrogen and oxygen atoms in total. The SMILES string of the molecule is CC/C=C\C/C=C\C/C=C\C/C=C\CCCCCCCCCCCCCCC(=O)OCC(COC(=O)CCCCCCC/C=C\CCC)OC(=O)CCCCCCCCCCCCCCCCCC. The number of rotatable bonds is 54. The molecule has 0 aliphatic carbocycles. The predicted molar refractivity (Wildman–Crippen MR) is 298 cm³/mol. The van der Waals surface area contributed by atoms with Gasteiger partial charge in [0.15, 0.2) is 6.10 Å². The molecule has 69 heavy (non-hydrogen) atoms. The molecule has 0 N–H and O–H groups in total. The molecule has 400 valence electrons. The highest BCUT2D eigenvalue weighted by molar-refractivity contribution is 5.71. The van der Waals surface area contributed by atoms with Gasteiger partial charge in [-0.15, -0.1) is 0 Å². The van der Waals surface area contributed by atoms with Crippen molar-refractivity contribution in [2.45, 2.75) is 309 Å². The van der Waals surface area contributed by atoms with Crippen molar-refractivity contribution in [1.29, 1.82) is 0 Å². The fourth-order valence-corrected chi connectivity index (χ4v) is 8.56. The molecule has 0 rings (SSSR count). The fraction of sp³-hybridized carbons (Fsp3) is 0.794. The van der Waals surface area contributed by atoms with Crippen molar-refractivity contribution in [3.05, 3.63) is 60.8 Å². The quantitative estimate of drug-likeness (QED) is 0.0262. The monoisotopic (exact) mass is 965 g/mol. The van der Waals surface area contributed by atoms with Crippen molar-refractivity contribution in [2.75, 3.05) is 13.2 Å². The van der Waals surface area contributed by atoms with E-state index in [1.807, 2.05) is 0 Å². The van der Waals surface area contributed by atoms with E-state index in [1.165, 1.54) is 167 Å². The molecule has 1 atom stereocenters. The van der Waals surface area contributed by atoms with Crippen molar-refractivity contribution < 1.29 is 28.6 Å². The van der Waals surface area contributed by atoms with Gasteiger partial charge in [0.2, 0.25) is 0 Å². The molecule has 0 aromatic carbocycles. The van der Waals surface area contributed by atoms with E-state index in [4.69, 9.17) is 14.2 Å². The molecule has 0 aromatic heterocycles. The third-order valence-electron chi connectivity index (χ3n) is 13.0. The molecule has 0 saturated heterocycles. The standard InChI is InChI=1S/C63H112O6/c1-4-7-10-13-16-19-22-24-26-28-29-30-31-32-33-34-35-36-38-39-41-44-47-50-53-56-62(65)68-59-60(58-67-61(64)55-52-49-46-43-21-18-15-12-9-6-3)69-63(66)57-54-51-48-45-42-40-37-27-25-23-20-17-14-11-8-5-2/h7,10,12,15-16,19,24,26,29-30,60H,4-6,8-9,11,13-14,17-18,20-23,25,27-28,31-59H2,1-3H3/b10-7-,15-12-,19-16-,26-24-,30-29-. The Morgan fingerprint density at radius 2 is 0.594 bits per heavy atom. The van der Waals surface area contributed by atoms with Crippen molar-refractivity contribution in [3.8, 4) is 0 Å².